The number of carbonyl (C=O) groups is 1. The van der Waals surface area contributed by atoms with E-state index in [0.29, 0.717) is 6.54 Å². The van der Waals surface area contributed by atoms with Crippen molar-refractivity contribution in [1.82, 2.24) is 5.32 Å². The van der Waals surface area contributed by atoms with Crippen LogP contribution in [0.15, 0.2) is 36.4 Å². The molecule has 3 N–H and O–H groups in total. The maximum atomic E-state index is 11.0. The number of nitrogens with one attached hydrogen (secondary N) is 1. The average molecular weight is 258 g/mol. The minimum Gasteiger partial charge on any atom is -0.496 e. The van der Waals surface area contributed by atoms with Gasteiger partial charge in [-0.15, -0.1) is 0 Å². The second-order valence-corrected chi connectivity index (χ2v) is 4.48. The summed E-state index contributed by atoms with van der Waals surface area (Å²) in [5, 5.41) is 5.30. The van der Waals surface area contributed by atoms with Crippen LogP contribution in [0.2, 0.25) is 0 Å². The molecule has 2 aromatic rings. The Morgan fingerprint density at radius 2 is 1.95 bits per heavy atom. The SMILES string of the molecule is COc1ccc(CNC(C)C(N)=O)c2ccccc12. The Labute approximate surface area is 112 Å². The lowest BCUT2D eigenvalue weighted by Crippen LogP contribution is -2.38. The molecular weight excluding hydrogens is 240 g/mol. The molecule has 0 heterocycles. The first-order valence-electron chi connectivity index (χ1n) is 6.21. The third-order valence-corrected chi connectivity index (χ3v) is 3.22. The molecule has 0 aromatic heterocycles. The number of methoxy groups -OCH3 is 1. The zero-order chi connectivity index (χ0) is 13.8. The summed E-state index contributed by atoms with van der Waals surface area (Å²) < 4.78 is 5.35. The van der Waals surface area contributed by atoms with Gasteiger partial charge in [0.2, 0.25) is 5.91 Å². The summed E-state index contributed by atoms with van der Waals surface area (Å²) in [5.74, 6) is 0.500. The number of primary amides is 1. The van der Waals surface area contributed by atoms with Crippen LogP contribution in [0.5, 0.6) is 5.75 Å². The highest BCUT2D eigenvalue weighted by molar-refractivity contribution is 5.91. The number of rotatable bonds is 5. The van der Waals surface area contributed by atoms with Crippen molar-refractivity contribution in [1.29, 1.82) is 0 Å². The Balaban J connectivity index is 2.32. The Morgan fingerprint density at radius 1 is 1.26 bits per heavy atom. The summed E-state index contributed by atoms with van der Waals surface area (Å²) in [6, 6.07) is 11.6. The van der Waals surface area contributed by atoms with E-state index in [1.165, 1.54) is 0 Å². The van der Waals surface area contributed by atoms with Crippen molar-refractivity contribution in [2.45, 2.75) is 19.5 Å². The van der Waals surface area contributed by atoms with Gasteiger partial charge in [-0.25, -0.2) is 0 Å². The quantitative estimate of drug-likeness (QED) is 0.859. The van der Waals surface area contributed by atoms with Crippen LogP contribution < -0.4 is 15.8 Å². The standard InChI is InChI=1S/C15H18N2O2/c1-10(15(16)18)17-9-11-7-8-14(19-2)13-6-4-3-5-12(11)13/h3-8,10,17H,9H2,1-2H3,(H2,16,18). The normalized spacial score (nSPS) is 12.3. The van der Waals surface area contributed by atoms with Crippen molar-refractivity contribution in [2.75, 3.05) is 7.11 Å². The van der Waals surface area contributed by atoms with Crippen molar-refractivity contribution in [3.8, 4) is 5.75 Å². The summed E-state index contributed by atoms with van der Waals surface area (Å²) in [5.41, 5.74) is 6.35. The van der Waals surface area contributed by atoms with E-state index >= 15 is 0 Å². The molecule has 0 radical (unpaired) electrons. The van der Waals surface area contributed by atoms with Gasteiger partial charge < -0.3 is 15.8 Å². The molecule has 0 bridgehead atoms. The highest BCUT2D eigenvalue weighted by Gasteiger charge is 2.10. The second kappa shape index (κ2) is 5.71. The van der Waals surface area contributed by atoms with Gasteiger partial charge in [-0.05, 0) is 23.9 Å². The van der Waals surface area contributed by atoms with Gasteiger partial charge in [-0.1, -0.05) is 30.3 Å². The number of hydrogen-bond donors (Lipinski definition) is 2. The van der Waals surface area contributed by atoms with E-state index in [1.807, 2.05) is 36.4 Å². The first kappa shape index (κ1) is 13.4. The largest absolute Gasteiger partial charge is 0.496 e. The number of fused-ring (bicyclic) bond motifs is 1. The molecule has 0 fully saturated rings. The average Bonchev–Trinajstić information content (AvgIpc) is 2.44. The smallest absolute Gasteiger partial charge is 0.234 e. The Morgan fingerprint density at radius 3 is 2.58 bits per heavy atom. The Kier molecular flexibility index (Phi) is 4.02. The highest BCUT2D eigenvalue weighted by Crippen LogP contribution is 2.28. The minimum atomic E-state index is -0.349. The molecule has 100 valence electrons. The van der Waals surface area contributed by atoms with Crippen LogP contribution in [0.25, 0.3) is 10.8 Å². The monoisotopic (exact) mass is 258 g/mol. The fraction of sp³-hybridized carbons (Fsp3) is 0.267. The van der Waals surface area contributed by atoms with Crippen LogP contribution >= 0.6 is 0 Å². The molecule has 0 aliphatic heterocycles. The minimum absolute atomic E-state index is 0.346. The number of hydrogen-bond acceptors (Lipinski definition) is 3. The molecule has 19 heavy (non-hydrogen) atoms. The van der Waals surface area contributed by atoms with Gasteiger partial charge in [-0.2, -0.15) is 0 Å². The Hall–Kier alpha value is -2.07. The van der Waals surface area contributed by atoms with Crippen molar-refractivity contribution in [3.05, 3.63) is 42.0 Å². The lowest BCUT2D eigenvalue weighted by Gasteiger charge is -2.13. The molecule has 0 aliphatic carbocycles. The van der Waals surface area contributed by atoms with Gasteiger partial charge in [0, 0.05) is 11.9 Å². The maximum absolute atomic E-state index is 11.0. The van der Waals surface area contributed by atoms with Crippen LogP contribution in [0.3, 0.4) is 0 Å². The summed E-state index contributed by atoms with van der Waals surface area (Å²) in [6.45, 7) is 2.35. The predicted molar refractivity (Wildman–Crippen MR) is 76.0 cm³/mol. The molecular formula is C15H18N2O2. The van der Waals surface area contributed by atoms with Crippen LogP contribution in [0.4, 0.5) is 0 Å². The fourth-order valence-electron chi connectivity index (χ4n) is 2.03. The van der Waals surface area contributed by atoms with Gasteiger partial charge in [0.05, 0.1) is 13.2 Å². The van der Waals surface area contributed by atoms with Crippen molar-refractivity contribution in [3.63, 3.8) is 0 Å². The van der Waals surface area contributed by atoms with E-state index in [0.717, 1.165) is 22.1 Å². The molecule has 1 amide bonds. The highest BCUT2D eigenvalue weighted by atomic mass is 16.5. The molecule has 2 rings (SSSR count). The van der Waals surface area contributed by atoms with E-state index < -0.39 is 0 Å². The van der Waals surface area contributed by atoms with Gasteiger partial charge in [0.15, 0.2) is 0 Å². The third-order valence-electron chi connectivity index (χ3n) is 3.22. The lowest BCUT2D eigenvalue weighted by molar-refractivity contribution is -0.119. The summed E-state index contributed by atoms with van der Waals surface area (Å²) in [7, 11) is 1.66. The van der Waals surface area contributed by atoms with Crippen molar-refractivity contribution >= 4 is 16.7 Å². The summed E-state index contributed by atoms with van der Waals surface area (Å²) >= 11 is 0. The van der Waals surface area contributed by atoms with E-state index in [4.69, 9.17) is 10.5 Å². The number of carbonyl (C=O) groups excluding carboxylic acids is 1. The first-order valence-corrected chi connectivity index (χ1v) is 6.21. The fourth-order valence-corrected chi connectivity index (χ4v) is 2.03. The lowest BCUT2D eigenvalue weighted by atomic mass is 10.0. The van der Waals surface area contributed by atoms with E-state index in [9.17, 15) is 4.79 Å². The van der Waals surface area contributed by atoms with Gasteiger partial charge >= 0.3 is 0 Å². The topological polar surface area (TPSA) is 64.3 Å². The molecule has 0 spiro atoms. The Bertz CT molecular complexity index is 596. The molecule has 4 heteroatoms. The van der Waals surface area contributed by atoms with Crippen molar-refractivity contribution in [2.24, 2.45) is 5.73 Å². The van der Waals surface area contributed by atoms with Crippen LogP contribution in [-0.4, -0.2) is 19.1 Å². The van der Waals surface area contributed by atoms with E-state index in [1.54, 1.807) is 14.0 Å². The molecule has 0 saturated carbocycles. The molecule has 0 aliphatic rings. The van der Waals surface area contributed by atoms with Gasteiger partial charge in [-0.3, -0.25) is 4.79 Å². The third kappa shape index (κ3) is 2.85. The number of amides is 1. The maximum Gasteiger partial charge on any atom is 0.234 e. The zero-order valence-corrected chi connectivity index (χ0v) is 11.1. The zero-order valence-electron chi connectivity index (χ0n) is 11.1. The molecule has 2 aromatic carbocycles. The molecule has 4 nitrogen and oxygen atoms in total. The van der Waals surface area contributed by atoms with Crippen molar-refractivity contribution < 1.29 is 9.53 Å². The molecule has 1 atom stereocenters. The van der Waals surface area contributed by atoms with E-state index in [-0.39, 0.29) is 11.9 Å². The first-order chi connectivity index (χ1) is 9.13. The van der Waals surface area contributed by atoms with Crippen LogP contribution in [0.1, 0.15) is 12.5 Å². The van der Waals surface area contributed by atoms with Gasteiger partial charge in [0.1, 0.15) is 5.75 Å². The number of benzene rings is 2. The van der Waals surface area contributed by atoms with Crippen LogP contribution in [-0.2, 0) is 11.3 Å². The summed E-state index contributed by atoms with van der Waals surface area (Å²) in [6.07, 6.45) is 0. The number of ether oxygens (including phenoxy) is 1. The molecule has 0 saturated heterocycles. The van der Waals surface area contributed by atoms with Gasteiger partial charge in [0.25, 0.3) is 0 Å². The predicted octanol–water partition coefficient (Wildman–Crippen LogP) is 1.81. The second-order valence-electron chi connectivity index (χ2n) is 4.48. The summed E-state index contributed by atoms with van der Waals surface area (Å²) in [4.78, 5) is 11.0. The van der Waals surface area contributed by atoms with E-state index in [2.05, 4.69) is 5.32 Å². The van der Waals surface area contributed by atoms with Crippen LogP contribution in [0, 0.1) is 0 Å². The number of nitrogens with two attached hydrogens (primary N) is 1. The molecule has 1 unspecified atom stereocenters.